The number of anilines is 2. The lowest BCUT2D eigenvalue weighted by atomic mass is 10.1. The summed E-state index contributed by atoms with van der Waals surface area (Å²) in [6.45, 7) is 0.690. The average Bonchev–Trinajstić information content (AvgIpc) is 0.798. The van der Waals surface area contributed by atoms with E-state index in [1.54, 1.807) is 24.8 Å². The molecule has 0 unspecified atom stereocenters. The molecule has 0 atom stereocenters. The summed E-state index contributed by atoms with van der Waals surface area (Å²) in [6, 6.07) is 18.3. The number of primary amides is 1. The summed E-state index contributed by atoms with van der Waals surface area (Å²) in [7, 11) is 0. The molecule has 0 saturated carbocycles. The molecule has 98 heavy (non-hydrogen) atoms. The first-order valence-corrected chi connectivity index (χ1v) is 29.8. The first-order valence-electron chi connectivity index (χ1n) is 27.5. The minimum absolute atomic E-state index is 0.0133. The number of carboxylic acids is 2. The lowest BCUT2D eigenvalue weighted by Gasteiger charge is -2.09. The van der Waals surface area contributed by atoms with Gasteiger partial charge in [0.25, 0.3) is 17.0 Å². The number of aliphatic hydroxyl groups excluding tert-OH is 1. The molecule has 510 valence electrons. The van der Waals surface area contributed by atoms with Gasteiger partial charge in [0.05, 0.1) is 45.8 Å². The van der Waals surface area contributed by atoms with Gasteiger partial charge in [0.2, 0.25) is 0 Å². The largest absolute Gasteiger partial charge is 0.492 e. The molecule has 0 aliphatic rings. The quantitative estimate of drug-likeness (QED) is 0.0392. The molecule has 37 heteroatoms. The number of carboxylic acid groups (broad SMARTS) is 2. The van der Waals surface area contributed by atoms with E-state index in [-0.39, 0.29) is 74.5 Å². The maximum atomic E-state index is 12.9. The van der Waals surface area contributed by atoms with E-state index in [1.165, 1.54) is 54.6 Å². The van der Waals surface area contributed by atoms with Crippen molar-refractivity contribution in [3.8, 4) is 28.8 Å². The number of nitrogens with one attached hydrogen (secondary N) is 2. The van der Waals surface area contributed by atoms with Crippen LogP contribution in [0.2, 0.25) is 0 Å². The molecule has 25 nitrogen and oxygen atoms in total. The fourth-order valence-corrected chi connectivity index (χ4v) is 8.63. The minimum Gasteiger partial charge on any atom is -0.492 e. The van der Waals surface area contributed by atoms with Crippen molar-refractivity contribution in [2.24, 2.45) is 5.73 Å². The van der Waals surface area contributed by atoms with Crippen LogP contribution in [0, 0.1) is 0 Å². The van der Waals surface area contributed by atoms with Crippen molar-refractivity contribution in [3.63, 3.8) is 0 Å². The van der Waals surface area contributed by atoms with Crippen molar-refractivity contribution in [3.05, 3.63) is 232 Å². The zero-order valence-electron chi connectivity index (χ0n) is 49.7. The summed E-state index contributed by atoms with van der Waals surface area (Å²) in [5, 5.41) is 25.8. The van der Waals surface area contributed by atoms with Crippen molar-refractivity contribution >= 4 is 99.3 Å². The zero-order valence-corrected chi connectivity index (χ0v) is 54.4. The number of aromatic nitrogens is 13. The summed E-state index contributed by atoms with van der Waals surface area (Å²) in [5.74, 6) is -2.71. The van der Waals surface area contributed by atoms with Gasteiger partial charge in [-0.15, -0.1) is 0 Å². The van der Waals surface area contributed by atoms with Crippen LogP contribution in [0.5, 0.6) is 5.75 Å². The van der Waals surface area contributed by atoms with E-state index in [2.05, 4.69) is 113 Å². The number of pyridine rings is 9. The van der Waals surface area contributed by atoms with Crippen molar-refractivity contribution in [2.75, 3.05) is 24.7 Å². The topological polar surface area (TPSA) is 407 Å². The summed E-state index contributed by atoms with van der Waals surface area (Å²) in [6.07, 6.45) is 5.44. The van der Waals surface area contributed by atoms with Gasteiger partial charge in [0, 0.05) is 82.0 Å². The smallest absolute Gasteiger partial charge is 0.416 e. The van der Waals surface area contributed by atoms with E-state index >= 15 is 0 Å². The molecule has 11 rings (SSSR count). The molecule has 11 heterocycles. The van der Waals surface area contributed by atoms with Crippen LogP contribution < -0.4 is 33.1 Å². The van der Waals surface area contributed by atoms with Crippen LogP contribution in [0.1, 0.15) is 71.9 Å². The number of ether oxygens (including phenoxy) is 1. The van der Waals surface area contributed by atoms with Crippen molar-refractivity contribution in [1.82, 2.24) is 64.8 Å². The fourth-order valence-electron chi connectivity index (χ4n) is 7.64. The molecule has 0 aromatic carbocycles. The number of nitrogen functional groups attached to an aromatic ring is 2. The maximum absolute atomic E-state index is 12.9. The highest BCUT2D eigenvalue weighted by molar-refractivity contribution is 9.11. The van der Waals surface area contributed by atoms with Crippen molar-refractivity contribution in [2.45, 2.75) is 44.2 Å². The van der Waals surface area contributed by atoms with Crippen LogP contribution in [0.3, 0.4) is 0 Å². The number of nitrogens with two attached hydrogens (primary N) is 3. The molecular weight excluding hydrogens is 1510 g/mol. The molecule has 0 spiro atoms. The van der Waals surface area contributed by atoms with Crippen LogP contribution in [0.25, 0.3) is 45.1 Å². The van der Waals surface area contributed by atoms with Gasteiger partial charge in [-0.1, -0.05) is 0 Å². The Morgan fingerprint density at radius 3 is 1.36 bits per heavy atom. The number of aromatic carboxylic acids is 2. The lowest BCUT2D eigenvalue weighted by molar-refractivity contribution is -0.138. The number of nitrogens with zero attached hydrogens (tertiary/aromatic N) is 11. The molecular formula is C61H48Br3F9N16O9. The van der Waals surface area contributed by atoms with E-state index in [9.17, 15) is 63.5 Å². The van der Waals surface area contributed by atoms with Crippen LogP contribution in [-0.4, -0.2) is 111 Å². The van der Waals surface area contributed by atoms with Crippen LogP contribution in [0.4, 0.5) is 51.1 Å². The number of carbonyl (C=O) groups is 3. The van der Waals surface area contributed by atoms with E-state index in [0.717, 1.165) is 74.1 Å². The van der Waals surface area contributed by atoms with Gasteiger partial charge in [-0.3, -0.25) is 34.3 Å². The standard InChI is InChI=1S/C21H16F3N5O2.C13H6BrF3N4O.C8H11NO.C7H4F3NO2.C6H6BrN3O.C6H5BrN2O2/c22-21(23,24)14-5-8-26-17(10-14)19-28-18-16(20(30)29-19)11-15(12-27-18)31-9-1-2-13-3-6-25-7-4-13;14-7-4-8-10(19-5-7)20-11(21-12(8)22)9-3-6(1-2-18-9)13(15,16)17;10-7-1-2-8-3-5-9-6-4-8;8-7(9,10)4-1-2-11-5(3-4)6(12)13;7-3-1-4(6(9)11)5(8)10-2-3;7-3-1-4(6(10)11)5(8)9-2-3/h3-8,10-12H,1-2,9H2,(H,27,28,29,30);1-5H,(H,19,20,21,22);3-6,10H,1-2,7H2;1-3H,(H,12,13);1-2H,(H2,8,10)(H2,9,11);1-2H,(H2,8,9)(H,10,11). The third-order valence-electron chi connectivity index (χ3n) is 12.3. The Hall–Kier alpha value is -10.8. The number of aryl methyl sites for hydroxylation is 2. The van der Waals surface area contributed by atoms with Gasteiger partial charge < -0.3 is 47.2 Å². The SMILES string of the molecule is NC(=O)c1cc(Br)cnc1N.Nc1ncc(Br)cc1C(=O)O.O=C(O)c1cc(C(F)(F)F)ccn1.O=c1[nH]c(-c2cc(C(F)(F)F)ccn2)nc2ncc(Br)cc12.O=c1[nH]c(-c2cc(C(F)(F)F)ccn2)nc2ncc(OCCCc3ccncc3)cc12.OCCCc1ccncc1. The number of fused-ring (bicyclic) bond motifs is 2. The first kappa shape index (κ1) is 76.2. The molecule has 11 N–H and O–H groups in total. The molecule has 11 aromatic heterocycles. The lowest BCUT2D eigenvalue weighted by Crippen LogP contribution is -2.14. The van der Waals surface area contributed by atoms with Crippen LogP contribution in [0.15, 0.2) is 176 Å². The normalized spacial score (nSPS) is 10.9. The van der Waals surface area contributed by atoms with Gasteiger partial charge >= 0.3 is 30.5 Å². The number of hydrogen-bond acceptors (Lipinski definition) is 20. The second kappa shape index (κ2) is 35.3. The Balaban J connectivity index is 0.000000198. The van der Waals surface area contributed by atoms with Gasteiger partial charge in [-0.05, 0) is 170 Å². The highest BCUT2D eigenvalue weighted by Crippen LogP contribution is 2.33. The molecule has 0 fully saturated rings. The third-order valence-corrected chi connectivity index (χ3v) is 13.6. The second-order valence-corrected chi connectivity index (χ2v) is 22.1. The molecule has 0 aliphatic heterocycles. The zero-order chi connectivity index (χ0) is 71.9. The third kappa shape index (κ3) is 23.5. The summed E-state index contributed by atoms with van der Waals surface area (Å²) >= 11 is 9.40. The fraction of sp³-hybridized carbons (Fsp3) is 0.148. The summed E-state index contributed by atoms with van der Waals surface area (Å²) in [5.41, 5.74) is 13.9. The Labute approximate surface area is 570 Å². The average molecular weight is 1560 g/mol. The highest BCUT2D eigenvalue weighted by atomic mass is 79.9. The number of halogens is 12. The van der Waals surface area contributed by atoms with Gasteiger partial charge in [0.15, 0.2) is 22.9 Å². The Morgan fingerprint density at radius 2 is 0.918 bits per heavy atom. The molecule has 0 radical (unpaired) electrons. The predicted molar refractivity (Wildman–Crippen MR) is 347 cm³/mol. The number of rotatable bonds is 13. The van der Waals surface area contributed by atoms with Crippen molar-refractivity contribution in [1.29, 1.82) is 0 Å². The number of hydrogen-bond donors (Lipinski definition) is 8. The van der Waals surface area contributed by atoms with E-state index in [1.807, 2.05) is 24.3 Å². The van der Waals surface area contributed by atoms with E-state index < -0.39 is 69.9 Å². The van der Waals surface area contributed by atoms with Gasteiger partial charge in [-0.2, -0.15) is 39.5 Å². The number of carbonyl (C=O) groups excluding carboxylic acids is 1. The molecule has 0 aliphatic carbocycles. The number of H-pyrrole nitrogens is 2. The number of aliphatic hydroxyl groups is 1. The number of alkyl halides is 9. The predicted octanol–water partition coefficient (Wildman–Crippen LogP) is 11.4. The summed E-state index contributed by atoms with van der Waals surface area (Å²) < 4.78 is 121. The minimum atomic E-state index is -4.53. The first-order chi connectivity index (χ1) is 46.3. The highest BCUT2D eigenvalue weighted by Gasteiger charge is 2.33. The molecule has 0 saturated heterocycles. The second-order valence-electron chi connectivity index (χ2n) is 19.3. The monoisotopic (exact) mass is 1560 g/mol. The van der Waals surface area contributed by atoms with Crippen LogP contribution >= 0.6 is 47.8 Å². The van der Waals surface area contributed by atoms with E-state index in [0.29, 0.717) is 37.9 Å². The Morgan fingerprint density at radius 1 is 0.500 bits per heavy atom. The van der Waals surface area contributed by atoms with Gasteiger partial charge in [-0.25, -0.2) is 44.5 Å². The van der Waals surface area contributed by atoms with Gasteiger partial charge in [0.1, 0.15) is 40.0 Å². The molecule has 0 bridgehead atoms. The Kier molecular flexibility index (Phi) is 27.4. The number of amides is 1. The Bertz CT molecular complexity index is 4620. The van der Waals surface area contributed by atoms with E-state index in [4.69, 9.17) is 37.3 Å². The van der Waals surface area contributed by atoms with Crippen molar-refractivity contribution < 1.29 is 74.0 Å². The molecule has 1 amide bonds. The number of aromatic amines is 2. The molecule has 11 aromatic rings. The summed E-state index contributed by atoms with van der Waals surface area (Å²) in [4.78, 5) is 103. The maximum Gasteiger partial charge on any atom is 0.416 e. The van der Waals surface area contributed by atoms with Crippen LogP contribution in [-0.2, 0) is 31.4 Å².